The minimum atomic E-state index is 0.202. The lowest BCUT2D eigenvalue weighted by atomic mass is 10.1. The summed E-state index contributed by atoms with van der Waals surface area (Å²) in [7, 11) is 2.06. The molecule has 0 N–H and O–H groups in total. The number of ketones is 1. The highest BCUT2D eigenvalue weighted by atomic mass is 79.9. The molecule has 1 aromatic carbocycles. The molecule has 0 atom stereocenters. The van der Waals surface area contributed by atoms with Crippen LogP contribution in [0.2, 0.25) is 0 Å². The van der Waals surface area contributed by atoms with Gasteiger partial charge >= 0.3 is 0 Å². The van der Waals surface area contributed by atoms with Crippen molar-refractivity contribution in [3.63, 3.8) is 0 Å². The Labute approximate surface area is 116 Å². The third-order valence-corrected chi connectivity index (χ3v) is 3.85. The van der Waals surface area contributed by atoms with Gasteiger partial charge in [-0.3, -0.25) is 4.79 Å². The van der Waals surface area contributed by atoms with E-state index in [1.54, 1.807) is 0 Å². The van der Waals surface area contributed by atoms with Gasteiger partial charge in [-0.05, 0) is 19.4 Å². The molecule has 0 aromatic heterocycles. The summed E-state index contributed by atoms with van der Waals surface area (Å²) in [6, 6.07) is 7.60. The Balaban J connectivity index is 2.42. The fraction of sp³-hybridized carbons (Fsp3) is 0.462. The lowest BCUT2D eigenvalue weighted by Gasteiger charge is -2.15. The standard InChI is InChI=1S/C13H18BrNOS/c1-15(9-10-17-2)8-7-13(16)11-5-3-4-6-12(11)14/h3-6H,7-10H2,1-2H3. The first-order valence-electron chi connectivity index (χ1n) is 5.60. The second-order valence-electron chi connectivity index (χ2n) is 3.95. The summed E-state index contributed by atoms with van der Waals surface area (Å²) < 4.78 is 0.886. The molecule has 0 radical (unpaired) electrons. The third kappa shape index (κ3) is 5.23. The van der Waals surface area contributed by atoms with Crippen molar-refractivity contribution in [2.75, 3.05) is 32.1 Å². The van der Waals surface area contributed by atoms with E-state index in [1.165, 1.54) is 0 Å². The zero-order valence-corrected chi connectivity index (χ0v) is 12.7. The van der Waals surface area contributed by atoms with Gasteiger partial charge in [0.25, 0.3) is 0 Å². The Kier molecular flexibility index (Phi) is 6.85. The second kappa shape index (κ2) is 7.90. The molecule has 0 aliphatic carbocycles. The van der Waals surface area contributed by atoms with E-state index in [2.05, 4.69) is 34.1 Å². The molecule has 0 unspecified atom stereocenters. The first kappa shape index (κ1) is 14.7. The molecule has 0 aliphatic heterocycles. The molecule has 0 saturated carbocycles. The van der Waals surface area contributed by atoms with Gasteiger partial charge in [0.2, 0.25) is 0 Å². The van der Waals surface area contributed by atoms with Gasteiger partial charge in [0.15, 0.2) is 5.78 Å². The Hall–Kier alpha value is -0.320. The van der Waals surface area contributed by atoms with Gasteiger partial charge in [-0.25, -0.2) is 0 Å². The van der Waals surface area contributed by atoms with Crippen LogP contribution in [0.25, 0.3) is 0 Å². The van der Waals surface area contributed by atoms with Crippen LogP contribution in [-0.4, -0.2) is 42.8 Å². The molecule has 0 heterocycles. The van der Waals surface area contributed by atoms with Gasteiger partial charge in [0, 0.05) is 35.3 Å². The molecule has 0 aliphatic rings. The SMILES string of the molecule is CSCCN(C)CCC(=O)c1ccccc1Br. The van der Waals surface area contributed by atoms with Gasteiger partial charge in [-0.15, -0.1) is 0 Å². The van der Waals surface area contributed by atoms with Crippen LogP contribution < -0.4 is 0 Å². The highest BCUT2D eigenvalue weighted by Gasteiger charge is 2.10. The smallest absolute Gasteiger partial charge is 0.165 e. The topological polar surface area (TPSA) is 20.3 Å². The number of Topliss-reactive ketones (excluding diaryl/α,β-unsaturated/α-hetero) is 1. The molecule has 0 spiro atoms. The van der Waals surface area contributed by atoms with E-state index in [-0.39, 0.29) is 5.78 Å². The summed E-state index contributed by atoms with van der Waals surface area (Å²) in [6.07, 6.45) is 2.67. The predicted octanol–water partition coefficient (Wildman–Crippen LogP) is 3.32. The molecule has 1 aromatic rings. The summed E-state index contributed by atoms with van der Waals surface area (Å²) >= 11 is 5.24. The third-order valence-electron chi connectivity index (χ3n) is 2.57. The molecule has 1 rings (SSSR count). The van der Waals surface area contributed by atoms with E-state index in [9.17, 15) is 4.79 Å². The van der Waals surface area contributed by atoms with Gasteiger partial charge < -0.3 is 4.90 Å². The number of benzene rings is 1. The average Bonchev–Trinajstić information content (AvgIpc) is 2.34. The summed E-state index contributed by atoms with van der Waals surface area (Å²) in [5, 5.41) is 0. The molecule has 17 heavy (non-hydrogen) atoms. The Bertz CT molecular complexity index is 370. The second-order valence-corrected chi connectivity index (χ2v) is 5.79. The zero-order valence-electron chi connectivity index (χ0n) is 10.3. The van der Waals surface area contributed by atoms with Crippen molar-refractivity contribution in [2.24, 2.45) is 0 Å². The zero-order chi connectivity index (χ0) is 12.7. The van der Waals surface area contributed by atoms with Crippen LogP contribution in [0.15, 0.2) is 28.7 Å². The Morgan fingerprint density at radius 1 is 1.35 bits per heavy atom. The van der Waals surface area contributed by atoms with E-state index in [0.29, 0.717) is 6.42 Å². The number of hydrogen-bond donors (Lipinski definition) is 0. The van der Waals surface area contributed by atoms with Gasteiger partial charge in [-0.1, -0.05) is 34.1 Å². The molecular formula is C13H18BrNOS. The molecule has 0 saturated heterocycles. The Morgan fingerprint density at radius 3 is 2.71 bits per heavy atom. The first-order valence-corrected chi connectivity index (χ1v) is 7.79. The minimum absolute atomic E-state index is 0.202. The maximum atomic E-state index is 12.0. The van der Waals surface area contributed by atoms with Crippen molar-refractivity contribution in [1.29, 1.82) is 0 Å². The fourth-order valence-corrected chi connectivity index (χ4v) is 2.47. The van der Waals surface area contributed by atoms with Crippen LogP contribution >= 0.6 is 27.7 Å². The monoisotopic (exact) mass is 315 g/mol. The lowest BCUT2D eigenvalue weighted by molar-refractivity contribution is 0.0969. The first-order chi connectivity index (χ1) is 8.15. The fourth-order valence-electron chi connectivity index (χ4n) is 1.47. The summed E-state index contributed by atoms with van der Waals surface area (Å²) in [5.41, 5.74) is 0.783. The van der Waals surface area contributed by atoms with Crippen molar-refractivity contribution < 1.29 is 4.79 Å². The number of carbonyl (C=O) groups is 1. The average molecular weight is 316 g/mol. The molecule has 0 fully saturated rings. The van der Waals surface area contributed by atoms with E-state index < -0.39 is 0 Å². The molecule has 2 nitrogen and oxygen atoms in total. The van der Waals surface area contributed by atoms with Crippen LogP contribution in [0.1, 0.15) is 16.8 Å². The number of carbonyl (C=O) groups excluding carboxylic acids is 1. The van der Waals surface area contributed by atoms with E-state index >= 15 is 0 Å². The molecule has 0 bridgehead atoms. The van der Waals surface area contributed by atoms with Crippen LogP contribution in [0.3, 0.4) is 0 Å². The van der Waals surface area contributed by atoms with E-state index in [4.69, 9.17) is 0 Å². The number of halogens is 1. The van der Waals surface area contributed by atoms with Crippen molar-refractivity contribution in [2.45, 2.75) is 6.42 Å². The summed E-state index contributed by atoms with van der Waals surface area (Å²) in [6.45, 7) is 1.85. The minimum Gasteiger partial charge on any atom is -0.305 e. The quantitative estimate of drug-likeness (QED) is 0.720. The number of hydrogen-bond acceptors (Lipinski definition) is 3. The van der Waals surface area contributed by atoms with Gasteiger partial charge in [0.1, 0.15) is 0 Å². The van der Waals surface area contributed by atoms with Crippen LogP contribution in [0.5, 0.6) is 0 Å². The maximum absolute atomic E-state index is 12.0. The highest BCUT2D eigenvalue weighted by molar-refractivity contribution is 9.10. The predicted molar refractivity (Wildman–Crippen MR) is 79.0 cm³/mol. The van der Waals surface area contributed by atoms with Crippen molar-refractivity contribution in [3.8, 4) is 0 Å². The molecule has 94 valence electrons. The summed E-state index contributed by atoms with van der Waals surface area (Å²) in [5.74, 6) is 1.31. The number of rotatable bonds is 7. The Morgan fingerprint density at radius 2 is 2.06 bits per heavy atom. The largest absolute Gasteiger partial charge is 0.305 e. The normalized spacial score (nSPS) is 10.8. The lowest BCUT2D eigenvalue weighted by Crippen LogP contribution is -2.24. The van der Waals surface area contributed by atoms with Gasteiger partial charge in [-0.2, -0.15) is 11.8 Å². The number of nitrogens with zero attached hydrogens (tertiary/aromatic N) is 1. The van der Waals surface area contributed by atoms with Crippen LogP contribution in [0, 0.1) is 0 Å². The van der Waals surface area contributed by atoms with Gasteiger partial charge in [0.05, 0.1) is 0 Å². The highest BCUT2D eigenvalue weighted by Crippen LogP contribution is 2.17. The van der Waals surface area contributed by atoms with Crippen molar-refractivity contribution in [3.05, 3.63) is 34.3 Å². The maximum Gasteiger partial charge on any atom is 0.165 e. The number of thioether (sulfide) groups is 1. The summed E-state index contributed by atoms with van der Waals surface area (Å²) in [4.78, 5) is 14.2. The van der Waals surface area contributed by atoms with E-state index in [0.717, 1.165) is 28.9 Å². The molecular weight excluding hydrogens is 298 g/mol. The van der Waals surface area contributed by atoms with E-state index in [1.807, 2.05) is 36.0 Å². The van der Waals surface area contributed by atoms with Crippen molar-refractivity contribution in [1.82, 2.24) is 4.90 Å². The van der Waals surface area contributed by atoms with Crippen molar-refractivity contribution >= 4 is 33.5 Å². The van der Waals surface area contributed by atoms with Crippen LogP contribution in [0.4, 0.5) is 0 Å². The van der Waals surface area contributed by atoms with Crippen LogP contribution in [-0.2, 0) is 0 Å². The molecule has 4 heteroatoms. The molecule has 0 amide bonds.